The van der Waals surface area contributed by atoms with Gasteiger partial charge in [0.25, 0.3) is 0 Å². The van der Waals surface area contributed by atoms with Crippen LogP contribution in [0.25, 0.3) is 0 Å². The monoisotopic (exact) mass is 204 g/mol. The molecule has 0 aromatic rings. The Kier molecular flexibility index (Phi) is 4.61. The largest absolute Gasteiger partial charge is 0.462 e. The van der Waals surface area contributed by atoms with Crippen molar-refractivity contribution in [2.75, 3.05) is 6.61 Å². The molecule has 0 aliphatic heterocycles. The van der Waals surface area contributed by atoms with E-state index in [0.29, 0.717) is 12.2 Å². The van der Waals surface area contributed by atoms with Gasteiger partial charge in [0.1, 0.15) is 0 Å². The Hall–Kier alpha value is -1.57. The number of carbonyl (C=O) groups excluding carboxylic acids is 1. The minimum absolute atomic E-state index is 0.245. The summed E-state index contributed by atoms with van der Waals surface area (Å²) < 4.78 is 5.00. The zero-order valence-electron chi connectivity index (χ0n) is 9.19. The lowest BCUT2D eigenvalue weighted by atomic mass is 10.0. The molecule has 1 aliphatic rings. The van der Waals surface area contributed by atoms with E-state index in [-0.39, 0.29) is 5.97 Å². The first kappa shape index (κ1) is 11.5. The fraction of sp³-hybridized carbons (Fsp3) is 0.308. The summed E-state index contributed by atoms with van der Waals surface area (Å²) in [5.41, 5.74) is 1.66. The molecule has 0 N–H and O–H groups in total. The predicted molar refractivity (Wildman–Crippen MR) is 61.4 cm³/mol. The molecule has 0 saturated carbocycles. The highest BCUT2D eigenvalue weighted by atomic mass is 16.5. The molecule has 0 atom stereocenters. The van der Waals surface area contributed by atoms with Crippen LogP contribution in [-0.2, 0) is 9.53 Å². The quantitative estimate of drug-likeness (QED) is 0.661. The zero-order chi connectivity index (χ0) is 11.1. The van der Waals surface area contributed by atoms with E-state index in [0.717, 1.165) is 12.0 Å². The highest BCUT2D eigenvalue weighted by Gasteiger charge is 2.11. The topological polar surface area (TPSA) is 26.3 Å². The lowest BCUT2D eigenvalue weighted by molar-refractivity contribution is -0.138. The van der Waals surface area contributed by atoms with Gasteiger partial charge in [0.2, 0.25) is 0 Å². The molecule has 0 spiro atoms. The van der Waals surface area contributed by atoms with Crippen LogP contribution < -0.4 is 0 Å². The van der Waals surface area contributed by atoms with Crippen LogP contribution in [0.1, 0.15) is 20.3 Å². The Morgan fingerprint density at radius 2 is 1.80 bits per heavy atom. The molecule has 1 rings (SSSR count). The van der Waals surface area contributed by atoms with E-state index in [2.05, 4.69) is 0 Å². The van der Waals surface area contributed by atoms with Crippen molar-refractivity contribution in [2.45, 2.75) is 20.3 Å². The summed E-state index contributed by atoms with van der Waals surface area (Å²) in [5, 5.41) is 0. The van der Waals surface area contributed by atoms with Crippen molar-refractivity contribution in [1.29, 1.82) is 0 Å². The summed E-state index contributed by atoms with van der Waals surface area (Å²) in [7, 11) is 0. The number of carbonyl (C=O) groups is 1. The van der Waals surface area contributed by atoms with Crippen LogP contribution >= 0.6 is 0 Å². The van der Waals surface area contributed by atoms with Crippen LogP contribution in [0, 0.1) is 0 Å². The zero-order valence-corrected chi connectivity index (χ0v) is 9.19. The van der Waals surface area contributed by atoms with Crippen molar-refractivity contribution in [1.82, 2.24) is 0 Å². The van der Waals surface area contributed by atoms with Gasteiger partial charge in [-0.1, -0.05) is 37.3 Å². The van der Waals surface area contributed by atoms with Crippen LogP contribution in [0.2, 0.25) is 0 Å². The summed E-state index contributed by atoms with van der Waals surface area (Å²) in [6.07, 6.45) is 12.2. The predicted octanol–water partition coefficient (Wildman–Crippen LogP) is 2.94. The molecular weight excluding hydrogens is 188 g/mol. The summed E-state index contributed by atoms with van der Waals surface area (Å²) in [5.74, 6) is -0.245. The number of hydrogen-bond donors (Lipinski definition) is 0. The molecule has 0 radical (unpaired) electrons. The van der Waals surface area contributed by atoms with Gasteiger partial charge in [-0.05, 0) is 25.0 Å². The Balaban J connectivity index is 3.00. The Morgan fingerprint density at radius 3 is 2.40 bits per heavy atom. The number of ether oxygens (including phenoxy) is 1. The second kappa shape index (κ2) is 6.02. The third-order valence-corrected chi connectivity index (χ3v) is 2.12. The highest BCUT2D eigenvalue weighted by molar-refractivity contribution is 5.93. The van der Waals surface area contributed by atoms with E-state index in [1.54, 1.807) is 6.08 Å². The summed E-state index contributed by atoms with van der Waals surface area (Å²) in [6.45, 7) is 4.25. The summed E-state index contributed by atoms with van der Waals surface area (Å²) in [4.78, 5) is 11.6. The number of rotatable bonds is 3. The summed E-state index contributed by atoms with van der Waals surface area (Å²) >= 11 is 0. The molecule has 0 saturated heterocycles. The molecule has 0 bridgehead atoms. The first-order valence-electron chi connectivity index (χ1n) is 5.21. The van der Waals surface area contributed by atoms with Crippen molar-refractivity contribution >= 4 is 5.97 Å². The maximum atomic E-state index is 11.6. The van der Waals surface area contributed by atoms with Crippen LogP contribution in [0.4, 0.5) is 0 Å². The van der Waals surface area contributed by atoms with Crippen molar-refractivity contribution in [3.63, 3.8) is 0 Å². The molecule has 80 valence electrons. The van der Waals surface area contributed by atoms with Crippen molar-refractivity contribution in [3.8, 4) is 0 Å². The summed E-state index contributed by atoms with van der Waals surface area (Å²) in [6, 6.07) is 0. The van der Waals surface area contributed by atoms with Gasteiger partial charge >= 0.3 is 5.97 Å². The molecule has 1 aliphatic carbocycles. The fourth-order valence-electron chi connectivity index (χ4n) is 1.36. The third kappa shape index (κ3) is 3.24. The maximum absolute atomic E-state index is 11.6. The number of hydrogen-bond acceptors (Lipinski definition) is 2. The van der Waals surface area contributed by atoms with E-state index in [1.165, 1.54) is 0 Å². The number of esters is 1. The fourth-order valence-corrected chi connectivity index (χ4v) is 1.36. The second-order valence-corrected chi connectivity index (χ2v) is 3.12. The SMILES string of the molecule is CCOC(=O)C1=C(CC)/C=C\C=C/C=C\1. The van der Waals surface area contributed by atoms with E-state index in [4.69, 9.17) is 4.74 Å². The van der Waals surface area contributed by atoms with Gasteiger partial charge in [0, 0.05) is 0 Å². The van der Waals surface area contributed by atoms with Gasteiger partial charge in [-0.25, -0.2) is 4.79 Å². The Bertz CT molecular complexity index is 344. The van der Waals surface area contributed by atoms with Gasteiger partial charge in [-0.3, -0.25) is 0 Å². The third-order valence-electron chi connectivity index (χ3n) is 2.12. The molecule has 0 fully saturated rings. The standard InChI is InChI=1S/C13H16O2/c1-3-11-9-7-5-6-8-10-12(11)13(14)15-4-2/h5-10H,3-4H2,1-2H3/b6-5-,7-5?,8-6?,9-7-,10-8-,11-9?,12-10?,12-11+. The van der Waals surface area contributed by atoms with Gasteiger partial charge in [-0.15, -0.1) is 0 Å². The van der Waals surface area contributed by atoms with E-state index >= 15 is 0 Å². The van der Waals surface area contributed by atoms with Crippen LogP contribution in [0.5, 0.6) is 0 Å². The molecule has 0 amide bonds. The number of allylic oxidation sites excluding steroid dienone is 6. The van der Waals surface area contributed by atoms with Gasteiger partial charge < -0.3 is 4.74 Å². The van der Waals surface area contributed by atoms with E-state index in [9.17, 15) is 4.79 Å². The van der Waals surface area contributed by atoms with Gasteiger partial charge in [0.15, 0.2) is 0 Å². The molecule has 15 heavy (non-hydrogen) atoms. The first-order chi connectivity index (χ1) is 7.29. The van der Waals surface area contributed by atoms with Gasteiger partial charge in [-0.2, -0.15) is 0 Å². The molecular formula is C13H16O2. The highest BCUT2D eigenvalue weighted by Crippen LogP contribution is 2.15. The first-order valence-corrected chi connectivity index (χ1v) is 5.21. The van der Waals surface area contributed by atoms with Crippen molar-refractivity contribution < 1.29 is 9.53 Å². The van der Waals surface area contributed by atoms with Crippen LogP contribution in [-0.4, -0.2) is 12.6 Å². The van der Waals surface area contributed by atoms with Crippen LogP contribution in [0.3, 0.4) is 0 Å². The van der Waals surface area contributed by atoms with Gasteiger partial charge in [0.05, 0.1) is 12.2 Å². The Labute approximate surface area is 90.6 Å². The van der Waals surface area contributed by atoms with Crippen molar-refractivity contribution in [2.24, 2.45) is 0 Å². The molecule has 0 heterocycles. The lowest BCUT2D eigenvalue weighted by Gasteiger charge is -2.07. The normalized spacial score (nSPS) is 26.3. The molecule has 2 heteroatoms. The molecule has 2 nitrogen and oxygen atoms in total. The Morgan fingerprint density at radius 1 is 1.13 bits per heavy atom. The minimum atomic E-state index is -0.245. The van der Waals surface area contributed by atoms with E-state index < -0.39 is 0 Å². The smallest absolute Gasteiger partial charge is 0.338 e. The molecule has 0 unspecified atom stereocenters. The minimum Gasteiger partial charge on any atom is -0.462 e. The van der Waals surface area contributed by atoms with E-state index in [1.807, 2.05) is 44.2 Å². The second-order valence-electron chi connectivity index (χ2n) is 3.12. The lowest BCUT2D eigenvalue weighted by Crippen LogP contribution is -2.08. The average Bonchev–Trinajstić information content (AvgIpc) is 2.18. The average molecular weight is 204 g/mol. The van der Waals surface area contributed by atoms with Crippen LogP contribution in [0.15, 0.2) is 47.6 Å². The molecule has 0 aromatic carbocycles. The van der Waals surface area contributed by atoms with Crippen molar-refractivity contribution in [3.05, 3.63) is 47.6 Å². The maximum Gasteiger partial charge on any atom is 0.338 e. The molecule has 0 aromatic heterocycles.